The van der Waals surface area contributed by atoms with Crippen LogP contribution in [0.15, 0.2) is 4.52 Å². The molecule has 0 N–H and O–H groups in total. The first-order chi connectivity index (χ1) is 8.00. The molecule has 6 nitrogen and oxygen atoms in total. The molecule has 0 amide bonds. The Bertz CT molecular complexity index is 539. The van der Waals surface area contributed by atoms with Gasteiger partial charge in [-0.05, 0) is 12.8 Å². The molecule has 92 valence electrons. The van der Waals surface area contributed by atoms with Crippen LogP contribution in [0.3, 0.4) is 0 Å². The lowest BCUT2D eigenvalue weighted by molar-refractivity contribution is 0.364. The number of terminal acetylenes is 1. The van der Waals surface area contributed by atoms with Crippen molar-refractivity contribution >= 4 is 10.0 Å². The molecule has 7 heteroatoms. The van der Waals surface area contributed by atoms with E-state index in [1.54, 1.807) is 0 Å². The first-order valence-electron chi connectivity index (χ1n) is 5.22. The van der Waals surface area contributed by atoms with Crippen molar-refractivity contribution in [2.45, 2.75) is 25.3 Å². The van der Waals surface area contributed by atoms with Crippen LogP contribution in [0.4, 0.5) is 0 Å². The molecule has 1 aliphatic rings. The van der Waals surface area contributed by atoms with Crippen LogP contribution in [0.2, 0.25) is 0 Å². The Balaban J connectivity index is 2.08. The van der Waals surface area contributed by atoms with Crippen molar-refractivity contribution in [1.82, 2.24) is 14.4 Å². The summed E-state index contributed by atoms with van der Waals surface area (Å²) in [5.74, 6) is 3.60. The molecule has 1 aromatic rings. The molecule has 0 saturated heterocycles. The maximum Gasteiger partial charge on any atom is 0.229 e. The molecule has 1 aromatic heterocycles. The smallest absolute Gasteiger partial charge is 0.229 e. The molecule has 0 spiro atoms. The molecule has 2 rings (SSSR count). The van der Waals surface area contributed by atoms with Crippen molar-refractivity contribution in [1.29, 1.82) is 0 Å². The molecular weight excluding hydrogens is 242 g/mol. The van der Waals surface area contributed by atoms with Gasteiger partial charge in [0.25, 0.3) is 0 Å². The van der Waals surface area contributed by atoms with Crippen molar-refractivity contribution < 1.29 is 12.9 Å². The first-order valence-corrected chi connectivity index (χ1v) is 7.06. The van der Waals surface area contributed by atoms with E-state index in [2.05, 4.69) is 16.1 Å². The van der Waals surface area contributed by atoms with Gasteiger partial charge in [0.1, 0.15) is 0 Å². The second-order valence-corrected chi connectivity index (χ2v) is 6.04. The topological polar surface area (TPSA) is 76.3 Å². The van der Waals surface area contributed by atoms with Gasteiger partial charge in [-0.1, -0.05) is 11.1 Å². The Labute approximate surface area is 100 Å². The Morgan fingerprint density at radius 2 is 2.29 bits per heavy atom. The molecular formula is C10H13N3O3S. The Morgan fingerprint density at radius 3 is 2.82 bits per heavy atom. The maximum absolute atomic E-state index is 11.4. The second kappa shape index (κ2) is 4.47. The van der Waals surface area contributed by atoms with Gasteiger partial charge < -0.3 is 4.52 Å². The molecule has 17 heavy (non-hydrogen) atoms. The molecule has 0 bridgehead atoms. The van der Waals surface area contributed by atoms with Crippen LogP contribution in [0.1, 0.15) is 30.5 Å². The minimum Gasteiger partial charge on any atom is -0.339 e. The maximum atomic E-state index is 11.4. The van der Waals surface area contributed by atoms with Gasteiger partial charge in [0.15, 0.2) is 5.82 Å². The van der Waals surface area contributed by atoms with Gasteiger partial charge in [-0.2, -0.15) is 9.29 Å². The molecule has 1 saturated carbocycles. The lowest BCUT2D eigenvalue weighted by atomic mass is 10.4. The lowest BCUT2D eigenvalue weighted by Gasteiger charge is -2.14. The Hall–Kier alpha value is -1.39. The van der Waals surface area contributed by atoms with Crippen molar-refractivity contribution in [2.24, 2.45) is 0 Å². The third-order valence-corrected chi connectivity index (χ3v) is 3.66. The van der Waals surface area contributed by atoms with E-state index in [4.69, 9.17) is 10.9 Å². The molecule has 1 fully saturated rings. The number of sulfonamides is 1. The Morgan fingerprint density at radius 1 is 1.59 bits per heavy atom. The SMILES string of the molecule is C#CCN(Cc1noc(C2CC2)n1)S(C)(=O)=O. The zero-order valence-corrected chi connectivity index (χ0v) is 10.3. The third kappa shape index (κ3) is 3.05. The van der Waals surface area contributed by atoms with Crippen LogP contribution in [-0.4, -0.2) is 35.7 Å². The molecule has 0 aliphatic heterocycles. The summed E-state index contributed by atoms with van der Waals surface area (Å²) in [6.07, 6.45) is 8.34. The number of hydrogen-bond acceptors (Lipinski definition) is 5. The minimum absolute atomic E-state index is 0.00609. The van der Waals surface area contributed by atoms with Crippen molar-refractivity contribution in [3.8, 4) is 12.3 Å². The highest BCUT2D eigenvalue weighted by Crippen LogP contribution is 2.38. The van der Waals surface area contributed by atoms with Crippen molar-refractivity contribution in [3.63, 3.8) is 0 Å². The second-order valence-electron chi connectivity index (χ2n) is 4.06. The molecule has 0 aromatic carbocycles. The predicted octanol–water partition coefficient (Wildman–Crippen LogP) is 0.342. The van der Waals surface area contributed by atoms with E-state index in [-0.39, 0.29) is 13.1 Å². The molecule has 1 aliphatic carbocycles. The Kier molecular flexibility index (Phi) is 3.17. The summed E-state index contributed by atoms with van der Waals surface area (Å²) in [7, 11) is -3.35. The van der Waals surface area contributed by atoms with Crippen LogP contribution >= 0.6 is 0 Å². The van der Waals surface area contributed by atoms with Gasteiger partial charge in [-0.3, -0.25) is 0 Å². The van der Waals surface area contributed by atoms with Crippen LogP contribution < -0.4 is 0 Å². The van der Waals surface area contributed by atoms with Gasteiger partial charge in [0.05, 0.1) is 19.3 Å². The summed E-state index contributed by atoms with van der Waals surface area (Å²) in [6.45, 7) is 0.0609. The molecule has 0 unspecified atom stereocenters. The summed E-state index contributed by atoms with van der Waals surface area (Å²) in [5, 5.41) is 3.75. The van der Waals surface area contributed by atoms with E-state index in [9.17, 15) is 8.42 Å². The summed E-state index contributed by atoms with van der Waals surface area (Å²) < 4.78 is 29.0. The van der Waals surface area contributed by atoms with E-state index in [0.29, 0.717) is 17.6 Å². The third-order valence-electron chi connectivity index (χ3n) is 2.46. The van der Waals surface area contributed by atoms with Gasteiger partial charge in [0, 0.05) is 5.92 Å². The van der Waals surface area contributed by atoms with Gasteiger partial charge in [0.2, 0.25) is 15.9 Å². The quantitative estimate of drug-likeness (QED) is 0.709. The zero-order valence-electron chi connectivity index (χ0n) is 9.46. The molecule has 0 radical (unpaired) electrons. The number of rotatable bonds is 5. The van der Waals surface area contributed by atoms with Gasteiger partial charge >= 0.3 is 0 Å². The van der Waals surface area contributed by atoms with E-state index < -0.39 is 10.0 Å². The first kappa shape index (κ1) is 12.1. The predicted molar refractivity (Wildman–Crippen MR) is 60.4 cm³/mol. The van der Waals surface area contributed by atoms with E-state index in [1.165, 1.54) is 0 Å². The fourth-order valence-electron chi connectivity index (χ4n) is 1.38. The van der Waals surface area contributed by atoms with Crippen molar-refractivity contribution in [3.05, 3.63) is 11.7 Å². The zero-order chi connectivity index (χ0) is 12.5. The fourth-order valence-corrected chi connectivity index (χ4v) is 2.04. The number of hydrogen-bond donors (Lipinski definition) is 0. The summed E-state index contributed by atoms with van der Waals surface area (Å²) >= 11 is 0. The van der Waals surface area contributed by atoms with Crippen LogP contribution in [0, 0.1) is 12.3 Å². The summed E-state index contributed by atoms with van der Waals surface area (Å²) in [5.41, 5.74) is 0. The molecule has 0 atom stereocenters. The van der Waals surface area contributed by atoms with E-state index in [1.807, 2.05) is 0 Å². The highest BCUT2D eigenvalue weighted by molar-refractivity contribution is 7.88. The molecule has 1 heterocycles. The average Bonchev–Trinajstić information content (AvgIpc) is 2.98. The van der Waals surface area contributed by atoms with E-state index in [0.717, 1.165) is 23.4 Å². The summed E-state index contributed by atoms with van der Waals surface area (Å²) in [4.78, 5) is 4.16. The average molecular weight is 255 g/mol. The fraction of sp³-hybridized carbons (Fsp3) is 0.600. The highest BCUT2D eigenvalue weighted by Gasteiger charge is 2.30. The van der Waals surface area contributed by atoms with E-state index >= 15 is 0 Å². The highest BCUT2D eigenvalue weighted by atomic mass is 32.2. The number of nitrogens with zero attached hydrogens (tertiary/aromatic N) is 3. The van der Waals surface area contributed by atoms with Gasteiger partial charge in [-0.25, -0.2) is 8.42 Å². The number of aromatic nitrogens is 2. The van der Waals surface area contributed by atoms with Crippen LogP contribution in [0.25, 0.3) is 0 Å². The monoisotopic (exact) mass is 255 g/mol. The largest absolute Gasteiger partial charge is 0.339 e. The standard InChI is InChI=1S/C10H13N3O3S/c1-3-6-13(17(2,14)15)7-9-11-10(16-12-9)8-4-5-8/h1,8H,4-7H2,2H3. The van der Waals surface area contributed by atoms with Crippen LogP contribution in [0.5, 0.6) is 0 Å². The van der Waals surface area contributed by atoms with Crippen molar-refractivity contribution in [2.75, 3.05) is 12.8 Å². The normalized spacial score (nSPS) is 16.1. The summed E-state index contributed by atoms with van der Waals surface area (Å²) in [6, 6.07) is 0. The van der Waals surface area contributed by atoms with Crippen LogP contribution in [-0.2, 0) is 16.6 Å². The van der Waals surface area contributed by atoms with Gasteiger partial charge in [-0.15, -0.1) is 6.42 Å². The minimum atomic E-state index is -3.35. The lowest BCUT2D eigenvalue weighted by Crippen LogP contribution is -2.30.